The van der Waals surface area contributed by atoms with Gasteiger partial charge in [-0.1, -0.05) is 37.6 Å². The Morgan fingerprint density at radius 1 is 1.36 bits per heavy atom. The Balaban J connectivity index is 1.57. The molecule has 2 fully saturated rings. The molecule has 0 unspecified atom stereocenters. The molecule has 1 aromatic carbocycles. The van der Waals surface area contributed by atoms with Crippen molar-refractivity contribution in [1.82, 2.24) is 15.5 Å². The summed E-state index contributed by atoms with van der Waals surface area (Å²) in [5.74, 6) is -0.406. The van der Waals surface area contributed by atoms with Crippen molar-refractivity contribution in [3.8, 4) is 0 Å². The van der Waals surface area contributed by atoms with Gasteiger partial charge in [-0.2, -0.15) is 0 Å². The van der Waals surface area contributed by atoms with Gasteiger partial charge in [0, 0.05) is 17.0 Å². The third-order valence-corrected chi connectivity index (χ3v) is 5.40. The highest BCUT2D eigenvalue weighted by Gasteiger charge is 2.49. The highest BCUT2D eigenvalue weighted by Crippen LogP contribution is 2.41. The van der Waals surface area contributed by atoms with Crippen LogP contribution in [0.5, 0.6) is 0 Å². The number of hydrogen-bond acceptors (Lipinski definition) is 3. The van der Waals surface area contributed by atoms with Gasteiger partial charge in [0.25, 0.3) is 5.91 Å². The van der Waals surface area contributed by atoms with E-state index in [0.29, 0.717) is 17.9 Å². The fourth-order valence-electron chi connectivity index (χ4n) is 3.41. The fraction of sp³-hybridized carbons (Fsp3) is 0.500. The van der Waals surface area contributed by atoms with Gasteiger partial charge in [-0.3, -0.25) is 14.5 Å². The average molecular weight is 364 g/mol. The smallest absolute Gasteiger partial charge is 0.325 e. The van der Waals surface area contributed by atoms with Crippen molar-refractivity contribution in [1.29, 1.82) is 0 Å². The van der Waals surface area contributed by atoms with Crippen molar-refractivity contribution in [2.24, 2.45) is 0 Å². The van der Waals surface area contributed by atoms with E-state index in [1.165, 1.54) is 0 Å². The van der Waals surface area contributed by atoms with Gasteiger partial charge < -0.3 is 10.6 Å². The lowest BCUT2D eigenvalue weighted by Gasteiger charge is -2.23. The summed E-state index contributed by atoms with van der Waals surface area (Å²) in [5.41, 5.74) is 0.212. The maximum Gasteiger partial charge on any atom is 0.325 e. The van der Waals surface area contributed by atoms with Crippen molar-refractivity contribution >= 4 is 29.4 Å². The molecule has 0 radical (unpaired) electrons. The summed E-state index contributed by atoms with van der Waals surface area (Å²) >= 11 is 5.99. The summed E-state index contributed by atoms with van der Waals surface area (Å²) in [6.45, 7) is 3.46. The van der Waals surface area contributed by atoms with E-state index in [2.05, 4.69) is 10.6 Å². The van der Waals surface area contributed by atoms with Crippen LogP contribution in [0.2, 0.25) is 5.02 Å². The van der Waals surface area contributed by atoms with Gasteiger partial charge in [-0.15, -0.1) is 0 Å². The molecule has 3 rings (SSSR count). The van der Waals surface area contributed by atoms with Crippen LogP contribution in [-0.4, -0.2) is 40.9 Å². The Morgan fingerprint density at radius 2 is 2.08 bits per heavy atom. The second-order valence-electron chi connectivity index (χ2n) is 6.68. The first kappa shape index (κ1) is 17.7. The molecule has 1 heterocycles. The standard InChI is InChI=1S/C18H22ClN3O3/c1-3-18(4-2)16(24)22(17(25)21-18)10-15(23)20-14-9-13(14)11-6-5-7-12(19)8-11/h5-8,13-14H,3-4,9-10H2,1-2H3,(H,20,23)(H,21,25)/t13-,14+/m0/s1. The zero-order valence-electron chi connectivity index (χ0n) is 14.3. The second kappa shape index (κ2) is 6.67. The monoisotopic (exact) mass is 363 g/mol. The van der Waals surface area contributed by atoms with E-state index < -0.39 is 11.6 Å². The van der Waals surface area contributed by atoms with Crippen molar-refractivity contribution in [2.45, 2.75) is 50.6 Å². The highest BCUT2D eigenvalue weighted by molar-refractivity contribution is 6.30. The lowest BCUT2D eigenvalue weighted by molar-refractivity contribution is -0.135. The lowest BCUT2D eigenvalue weighted by atomic mass is 9.93. The van der Waals surface area contributed by atoms with Crippen LogP contribution in [-0.2, 0) is 9.59 Å². The molecule has 0 bridgehead atoms. The van der Waals surface area contributed by atoms with Crippen molar-refractivity contribution in [3.63, 3.8) is 0 Å². The van der Waals surface area contributed by atoms with E-state index in [4.69, 9.17) is 11.6 Å². The molecule has 0 aromatic heterocycles. The molecule has 7 heteroatoms. The SMILES string of the molecule is CCC1(CC)NC(=O)N(CC(=O)N[C@@H]2C[C@H]2c2cccc(Cl)c2)C1=O. The van der Waals surface area contributed by atoms with E-state index in [0.717, 1.165) is 16.9 Å². The summed E-state index contributed by atoms with van der Waals surface area (Å²) in [5, 5.41) is 6.29. The van der Waals surface area contributed by atoms with E-state index in [-0.39, 0.29) is 30.3 Å². The zero-order chi connectivity index (χ0) is 18.2. The maximum atomic E-state index is 12.5. The molecule has 2 atom stereocenters. The minimum absolute atomic E-state index is 0.0221. The Morgan fingerprint density at radius 3 is 2.68 bits per heavy atom. The number of hydrogen-bond donors (Lipinski definition) is 2. The molecule has 134 valence electrons. The molecule has 0 spiro atoms. The first-order valence-corrected chi connectivity index (χ1v) is 8.97. The van der Waals surface area contributed by atoms with E-state index in [9.17, 15) is 14.4 Å². The summed E-state index contributed by atoms with van der Waals surface area (Å²) in [7, 11) is 0. The highest BCUT2D eigenvalue weighted by atomic mass is 35.5. The number of carbonyl (C=O) groups is 3. The Hall–Kier alpha value is -2.08. The molecule has 1 aliphatic carbocycles. The molecular formula is C18H22ClN3O3. The van der Waals surface area contributed by atoms with Gasteiger partial charge in [0.1, 0.15) is 12.1 Å². The van der Waals surface area contributed by atoms with Crippen LogP contribution in [0.1, 0.15) is 44.6 Å². The molecule has 6 nitrogen and oxygen atoms in total. The number of nitrogens with one attached hydrogen (secondary N) is 2. The van der Waals surface area contributed by atoms with Crippen LogP contribution in [0, 0.1) is 0 Å². The van der Waals surface area contributed by atoms with Crippen molar-refractivity contribution < 1.29 is 14.4 Å². The first-order chi connectivity index (χ1) is 11.9. The molecule has 25 heavy (non-hydrogen) atoms. The second-order valence-corrected chi connectivity index (χ2v) is 7.12. The third kappa shape index (κ3) is 3.35. The number of rotatable bonds is 6. The predicted octanol–water partition coefficient (Wildman–Crippen LogP) is 2.42. The molecule has 2 aliphatic rings. The molecule has 1 saturated heterocycles. The topological polar surface area (TPSA) is 78.5 Å². The number of carbonyl (C=O) groups excluding carboxylic acids is 3. The number of nitrogens with zero attached hydrogens (tertiary/aromatic N) is 1. The van der Waals surface area contributed by atoms with Crippen LogP contribution in [0.25, 0.3) is 0 Å². The largest absolute Gasteiger partial charge is 0.351 e. The third-order valence-electron chi connectivity index (χ3n) is 5.17. The van der Waals surface area contributed by atoms with Gasteiger partial charge in [0.2, 0.25) is 5.91 Å². The van der Waals surface area contributed by atoms with Crippen molar-refractivity contribution in [2.75, 3.05) is 6.54 Å². The Labute approximate surface area is 151 Å². The zero-order valence-corrected chi connectivity index (χ0v) is 15.1. The Bertz CT molecular complexity index is 717. The summed E-state index contributed by atoms with van der Waals surface area (Å²) in [6, 6.07) is 7.10. The molecule has 1 aromatic rings. The maximum absolute atomic E-state index is 12.5. The fourth-order valence-corrected chi connectivity index (χ4v) is 3.60. The van der Waals surface area contributed by atoms with Crippen LogP contribution in [0.4, 0.5) is 4.79 Å². The number of urea groups is 1. The normalized spacial score (nSPS) is 24.2. The van der Waals surface area contributed by atoms with Gasteiger partial charge in [-0.25, -0.2) is 4.79 Å². The molecular weight excluding hydrogens is 342 g/mol. The van der Waals surface area contributed by atoms with E-state index >= 15 is 0 Å². The number of halogens is 1. The summed E-state index contributed by atoms with van der Waals surface area (Å²) in [4.78, 5) is 37.9. The number of benzene rings is 1. The van der Waals surface area contributed by atoms with Crippen LogP contribution >= 0.6 is 11.6 Å². The quantitative estimate of drug-likeness (QED) is 0.762. The molecule has 1 saturated carbocycles. The average Bonchev–Trinajstić information content (AvgIpc) is 3.31. The minimum Gasteiger partial charge on any atom is -0.351 e. The van der Waals surface area contributed by atoms with Gasteiger partial charge in [0.05, 0.1) is 0 Å². The predicted molar refractivity (Wildman–Crippen MR) is 94.3 cm³/mol. The molecule has 2 N–H and O–H groups in total. The number of amides is 4. The van der Waals surface area contributed by atoms with Crippen LogP contribution in [0.15, 0.2) is 24.3 Å². The van der Waals surface area contributed by atoms with Gasteiger partial charge >= 0.3 is 6.03 Å². The lowest BCUT2D eigenvalue weighted by Crippen LogP contribution is -2.46. The van der Waals surface area contributed by atoms with Crippen LogP contribution in [0.3, 0.4) is 0 Å². The Kier molecular flexibility index (Phi) is 4.73. The number of imide groups is 1. The van der Waals surface area contributed by atoms with Gasteiger partial charge in [-0.05, 0) is 37.0 Å². The minimum atomic E-state index is -0.875. The van der Waals surface area contributed by atoms with E-state index in [1.54, 1.807) is 0 Å². The van der Waals surface area contributed by atoms with E-state index in [1.807, 2.05) is 38.1 Å². The van der Waals surface area contributed by atoms with Gasteiger partial charge in [0.15, 0.2) is 0 Å². The molecule has 1 aliphatic heterocycles. The molecule has 4 amide bonds. The first-order valence-electron chi connectivity index (χ1n) is 8.59. The van der Waals surface area contributed by atoms with Crippen LogP contribution < -0.4 is 10.6 Å². The van der Waals surface area contributed by atoms with Crippen molar-refractivity contribution in [3.05, 3.63) is 34.9 Å². The summed E-state index contributed by atoms with van der Waals surface area (Å²) in [6.07, 6.45) is 1.84. The summed E-state index contributed by atoms with van der Waals surface area (Å²) < 4.78 is 0.